The first-order chi connectivity index (χ1) is 13.6. The van der Waals surface area contributed by atoms with Gasteiger partial charge in [0.05, 0.1) is 6.10 Å². The molecule has 0 spiro atoms. The van der Waals surface area contributed by atoms with E-state index < -0.39 is 6.10 Å². The smallest absolute Gasteiger partial charge is 0.0928 e. The Morgan fingerprint density at radius 2 is 1.32 bits per heavy atom. The second-order valence-corrected chi connectivity index (χ2v) is 8.30. The Labute approximate surface area is 178 Å². The third-order valence-electron chi connectivity index (χ3n) is 5.40. The molecule has 0 amide bonds. The number of halogens is 2. The zero-order valence-corrected chi connectivity index (χ0v) is 18.2. The van der Waals surface area contributed by atoms with Crippen LogP contribution in [0.4, 0.5) is 0 Å². The topological polar surface area (TPSA) is 23.5 Å². The molecule has 28 heavy (non-hydrogen) atoms. The van der Waals surface area contributed by atoms with E-state index in [1.54, 1.807) is 0 Å². The molecule has 0 bridgehead atoms. The number of nitrogens with zero attached hydrogens (tertiary/aromatic N) is 1. The number of hydrogen-bond donors (Lipinski definition) is 1. The third-order valence-corrected chi connectivity index (χ3v) is 6.05. The molecule has 0 saturated carbocycles. The van der Waals surface area contributed by atoms with Crippen molar-refractivity contribution in [2.75, 3.05) is 19.6 Å². The number of hydrogen-bond acceptors (Lipinski definition) is 2. The average Bonchev–Trinajstić information content (AvgIpc) is 2.69. The summed E-state index contributed by atoms with van der Waals surface area (Å²) < 4.78 is 0. The van der Waals surface area contributed by atoms with Gasteiger partial charge in [0.25, 0.3) is 0 Å². The summed E-state index contributed by atoms with van der Waals surface area (Å²) in [6, 6.07) is 13.8. The van der Waals surface area contributed by atoms with Gasteiger partial charge < -0.3 is 10.0 Å². The van der Waals surface area contributed by atoms with Crippen LogP contribution in [0.5, 0.6) is 0 Å². The van der Waals surface area contributed by atoms with Crippen molar-refractivity contribution in [1.82, 2.24) is 4.90 Å². The number of rotatable bonds is 9. The van der Waals surface area contributed by atoms with E-state index in [9.17, 15) is 5.11 Å². The van der Waals surface area contributed by atoms with E-state index in [-0.39, 0.29) is 0 Å². The summed E-state index contributed by atoms with van der Waals surface area (Å²) in [5.41, 5.74) is 0.926. The molecule has 0 radical (unpaired) electrons. The first-order valence-corrected chi connectivity index (χ1v) is 11.0. The highest BCUT2D eigenvalue weighted by Crippen LogP contribution is 2.38. The molecule has 0 aromatic heterocycles. The van der Waals surface area contributed by atoms with Crippen LogP contribution in [0, 0.1) is 0 Å². The Morgan fingerprint density at radius 1 is 0.821 bits per heavy atom. The van der Waals surface area contributed by atoms with E-state index >= 15 is 0 Å². The average molecular weight is 418 g/mol. The second kappa shape index (κ2) is 9.93. The van der Waals surface area contributed by atoms with Crippen LogP contribution >= 0.6 is 23.2 Å². The third kappa shape index (κ3) is 4.63. The van der Waals surface area contributed by atoms with Gasteiger partial charge in [-0.1, -0.05) is 74.2 Å². The molecule has 150 valence electrons. The van der Waals surface area contributed by atoms with Crippen molar-refractivity contribution in [3.05, 3.63) is 58.1 Å². The first-order valence-electron chi connectivity index (χ1n) is 10.3. The number of aliphatic hydroxyl groups is 1. The molecular weight excluding hydrogens is 389 g/mol. The Kier molecular flexibility index (Phi) is 7.59. The van der Waals surface area contributed by atoms with Crippen LogP contribution in [0.15, 0.2) is 42.5 Å². The van der Waals surface area contributed by atoms with E-state index in [1.807, 2.05) is 42.5 Å². The number of aliphatic hydroxyl groups excluding tert-OH is 1. The van der Waals surface area contributed by atoms with Gasteiger partial charge in [-0.25, -0.2) is 0 Å². The van der Waals surface area contributed by atoms with Crippen LogP contribution in [0.25, 0.3) is 21.5 Å². The predicted octanol–water partition coefficient (Wildman–Crippen LogP) is 7.24. The van der Waals surface area contributed by atoms with Crippen molar-refractivity contribution in [2.24, 2.45) is 0 Å². The lowest BCUT2D eigenvalue weighted by Crippen LogP contribution is -2.31. The minimum atomic E-state index is -0.600. The minimum absolute atomic E-state index is 0.600. The molecule has 1 atom stereocenters. The highest BCUT2D eigenvalue weighted by Gasteiger charge is 2.20. The van der Waals surface area contributed by atoms with Crippen molar-refractivity contribution in [3.63, 3.8) is 0 Å². The molecule has 3 rings (SSSR count). The molecule has 0 fully saturated rings. The maximum Gasteiger partial charge on any atom is 0.0928 e. The van der Waals surface area contributed by atoms with Gasteiger partial charge in [0.15, 0.2) is 0 Å². The van der Waals surface area contributed by atoms with Crippen LogP contribution in [0.2, 0.25) is 10.0 Å². The van der Waals surface area contributed by atoms with Gasteiger partial charge in [0, 0.05) is 27.4 Å². The van der Waals surface area contributed by atoms with E-state index in [1.165, 1.54) is 0 Å². The van der Waals surface area contributed by atoms with Crippen molar-refractivity contribution in [3.8, 4) is 0 Å². The van der Waals surface area contributed by atoms with Crippen LogP contribution in [-0.2, 0) is 0 Å². The lowest BCUT2D eigenvalue weighted by molar-refractivity contribution is 0.113. The van der Waals surface area contributed by atoms with E-state index in [0.29, 0.717) is 16.6 Å². The fourth-order valence-corrected chi connectivity index (χ4v) is 4.34. The lowest BCUT2D eigenvalue weighted by atomic mass is 9.93. The summed E-state index contributed by atoms with van der Waals surface area (Å²) in [5.74, 6) is 0. The van der Waals surface area contributed by atoms with Crippen molar-refractivity contribution in [1.29, 1.82) is 0 Å². The van der Waals surface area contributed by atoms with E-state index in [0.717, 1.165) is 65.9 Å². The second-order valence-electron chi connectivity index (χ2n) is 7.48. The molecule has 4 heteroatoms. The van der Waals surface area contributed by atoms with Gasteiger partial charge in [-0.3, -0.25) is 0 Å². The summed E-state index contributed by atoms with van der Waals surface area (Å²) in [7, 11) is 0. The fourth-order valence-electron chi connectivity index (χ4n) is 3.88. The summed E-state index contributed by atoms with van der Waals surface area (Å²) >= 11 is 13.0. The molecule has 0 aliphatic rings. The summed E-state index contributed by atoms with van der Waals surface area (Å²) in [5, 5.41) is 16.6. The molecular formula is C24H29Cl2NO. The van der Waals surface area contributed by atoms with Gasteiger partial charge in [0.2, 0.25) is 0 Å². The van der Waals surface area contributed by atoms with Gasteiger partial charge in [-0.05, 0) is 60.5 Å². The standard InChI is InChI=1S/C24H29Cl2NO/c1-3-5-13-27(14-6-4-2)16-23(28)24-17-9-7-11-21(25)19(17)15-20-18(24)10-8-12-22(20)26/h7-12,15,23,28H,3-6,13-14,16H2,1-2H3/t23-/m1/s1. The molecule has 0 saturated heterocycles. The summed E-state index contributed by atoms with van der Waals surface area (Å²) in [6.45, 7) is 7.05. The molecule has 1 N–H and O–H groups in total. The zero-order chi connectivity index (χ0) is 20.1. The molecule has 3 aromatic rings. The fraction of sp³-hybridized carbons (Fsp3) is 0.417. The number of benzene rings is 3. The maximum atomic E-state index is 11.3. The van der Waals surface area contributed by atoms with E-state index in [4.69, 9.17) is 23.2 Å². The number of unbranched alkanes of at least 4 members (excludes halogenated alkanes) is 2. The molecule has 3 aromatic carbocycles. The SMILES string of the molecule is CCCCN(CCCC)C[C@@H](O)c1c2cccc(Cl)c2cc2c(Cl)cccc12. The maximum absolute atomic E-state index is 11.3. The largest absolute Gasteiger partial charge is 0.387 e. The molecule has 2 nitrogen and oxygen atoms in total. The van der Waals surface area contributed by atoms with Gasteiger partial charge in [0.1, 0.15) is 0 Å². The van der Waals surface area contributed by atoms with Gasteiger partial charge in [-0.2, -0.15) is 0 Å². The molecule has 0 aliphatic carbocycles. The zero-order valence-electron chi connectivity index (χ0n) is 16.7. The first kappa shape index (κ1) is 21.4. The van der Waals surface area contributed by atoms with Crippen LogP contribution < -0.4 is 0 Å². The van der Waals surface area contributed by atoms with Gasteiger partial charge in [-0.15, -0.1) is 0 Å². The highest BCUT2D eigenvalue weighted by atomic mass is 35.5. The quantitative estimate of drug-likeness (QED) is 0.370. The normalized spacial score (nSPS) is 12.9. The Hall–Kier alpha value is -1.32. The van der Waals surface area contributed by atoms with Gasteiger partial charge >= 0.3 is 0 Å². The molecule has 0 aliphatic heterocycles. The summed E-state index contributed by atoms with van der Waals surface area (Å²) in [4.78, 5) is 2.39. The lowest BCUT2D eigenvalue weighted by Gasteiger charge is -2.26. The van der Waals surface area contributed by atoms with Crippen LogP contribution in [-0.4, -0.2) is 29.6 Å². The Bertz CT molecular complexity index is 873. The number of fused-ring (bicyclic) bond motifs is 2. The van der Waals surface area contributed by atoms with Crippen molar-refractivity contribution in [2.45, 2.75) is 45.6 Å². The Balaban J connectivity index is 2.08. The predicted molar refractivity (Wildman–Crippen MR) is 123 cm³/mol. The van der Waals surface area contributed by atoms with Crippen molar-refractivity contribution < 1.29 is 5.11 Å². The Morgan fingerprint density at radius 3 is 1.79 bits per heavy atom. The molecule has 0 heterocycles. The van der Waals surface area contributed by atoms with E-state index in [2.05, 4.69) is 18.7 Å². The minimum Gasteiger partial charge on any atom is -0.387 e. The summed E-state index contributed by atoms with van der Waals surface area (Å²) in [6.07, 6.45) is 3.99. The van der Waals surface area contributed by atoms with Crippen LogP contribution in [0.1, 0.15) is 51.2 Å². The monoisotopic (exact) mass is 417 g/mol. The van der Waals surface area contributed by atoms with Crippen LogP contribution in [0.3, 0.4) is 0 Å². The molecule has 0 unspecified atom stereocenters. The van der Waals surface area contributed by atoms with Crippen molar-refractivity contribution >= 4 is 44.7 Å². The highest BCUT2D eigenvalue weighted by molar-refractivity contribution is 6.38.